The molecule has 2 fully saturated rings. The number of nitrogens with zero attached hydrogens (tertiary/aromatic N) is 1. The third-order valence-corrected chi connectivity index (χ3v) is 7.52. The van der Waals surface area contributed by atoms with Gasteiger partial charge in [-0.3, -0.25) is 0 Å². The van der Waals surface area contributed by atoms with Crippen LogP contribution in [0.25, 0.3) is 0 Å². The van der Waals surface area contributed by atoms with Gasteiger partial charge in [-0.1, -0.05) is 6.07 Å². The van der Waals surface area contributed by atoms with Crippen LogP contribution in [-0.4, -0.2) is 38.5 Å². The molecule has 1 aliphatic heterocycles. The maximum Gasteiger partial charge on any atom is 0.243 e. The zero-order valence-electron chi connectivity index (χ0n) is 15.0. The number of halogens is 1. The van der Waals surface area contributed by atoms with Gasteiger partial charge in [0.1, 0.15) is 23.9 Å². The second-order valence-corrected chi connectivity index (χ2v) is 8.92. The summed E-state index contributed by atoms with van der Waals surface area (Å²) in [5.41, 5.74) is 0. The van der Waals surface area contributed by atoms with E-state index in [1.807, 2.05) is 18.2 Å². The van der Waals surface area contributed by atoms with Crippen molar-refractivity contribution in [3.63, 3.8) is 0 Å². The molecule has 0 aromatic heterocycles. The molecule has 27 heavy (non-hydrogen) atoms. The summed E-state index contributed by atoms with van der Waals surface area (Å²) in [5.74, 6) is 1.18. The minimum atomic E-state index is -3.69. The van der Waals surface area contributed by atoms with Crippen LogP contribution in [0.4, 0.5) is 4.39 Å². The van der Waals surface area contributed by atoms with Gasteiger partial charge in [0.05, 0.1) is 18.0 Å². The number of fused-ring (bicyclic) bond motifs is 2. The van der Waals surface area contributed by atoms with Gasteiger partial charge in [0.25, 0.3) is 0 Å². The number of sulfonamides is 1. The number of piperidine rings is 1. The molecule has 2 bridgehead atoms. The standard InChI is InChI=1S/C20H22FNO4S/c1-25-17-3-2-4-18(12-17)26-13-20-14-5-8-16(11-14)22(20)27(23,24)19-9-6-15(21)7-10-19/h2-4,6-7,9-10,12,14,16,20H,5,8,11,13H2,1H3/t14-,16+,20+/m0/s1. The summed E-state index contributed by atoms with van der Waals surface area (Å²) in [6.07, 6.45) is 2.72. The van der Waals surface area contributed by atoms with Crippen molar-refractivity contribution < 1.29 is 22.3 Å². The molecule has 7 heteroatoms. The SMILES string of the molecule is COc1cccc(OC[C@@H]2[C@H]3CC[C@H](C3)N2S(=O)(=O)c2ccc(F)cc2)c1. The second-order valence-electron chi connectivity index (χ2n) is 7.07. The van der Waals surface area contributed by atoms with E-state index in [9.17, 15) is 12.8 Å². The zero-order chi connectivity index (χ0) is 19.0. The van der Waals surface area contributed by atoms with E-state index in [1.54, 1.807) is 17.5 Å². The van der Waals surface area contributed by atoms with Crippen molar-refractivity contribution in [1.29, 1.82) is 0 Å². The molecule has 3 atom stereocenters. The summed E-state index contributed by atoms with van der Waals surface area (Å²) in [5, 5.41) is 0. The Morgan fingerprint density at radius 3 is 2.59 bits per heavy atom. The van der Waals surface area contributed by atoms with Gasteiger partial charge in [0.15, 0.2) is 0 Å². The Labute approximate surface area is 158 Å². The summed E-state index contributed by atoms with van der Waals surface area (Å²) >= 11 is 0. The highest BCUT2D eigenvalue weighted by molar-refractivity contribution is 7.89. The van der Waals surface area contributed by atoms with Crippen molar-refractivity contribution in [2.24, 2.45) is 5.92 Å². The Balaban J connectivity index is 1.56. The van der Waals surface area contributed by atoms with Gasteiger partial charge in [-0.2, -0.15) is 4.31 Å². The van der Waals surface area contributed by atoms with Crippen LogP contribution < -0.4 is 9.47 Å². The highest BCUT2D eigenvalue weighted by Gasteiger charge is 2.51. The first-order valence-corrected chi connectivity index (χ1v) is 10.5. The van der Waals surface area contributed by atoms with Crippen molar-refractivity contribution in [1.82, 2.24) is 4.31 Å². The molecule has 144 valence electrons. The van der Waals surface area contributed by atoms with Gasteiger partial charge in [0.2, 0.25) is 10.0 Å². The summed E-state index contributed by atoms with van der Waals surface area (Å²) in [6.45, 7) is 0.286. The van der Waals surface area contributed by atoms with Crippen LogP contribution in [0.15, 0.2) is 53.4 Å². The van der Waals surface area contributed by atoms with Crippen molar-refractivity contribution in [3.05, 3.63) is 54.3 Å². The van der Waals surface area contributed by atoms with Crippen molar-refractivity contribution in [2.75, 3.05) is 13.7 Å². The van der Waals surface area contributed by atoms with E-state index in [0.29, 0.717) is 11.5 Å². The van der Waals surface area contributed by atoms with Gasteiger partial charge < -0.3 is 9.47 Å². The Morgan fingerprint density at radius 2 is 1.85 bits per heavy atom. The van der Waals surface area contributed by atoms with Crippen LogP contribution in [0.5, 0.6) is 11.5 Å². The van der Waals surface area contributed by atoms with Crippen molar-refractivity contribution in [2.45, 2.75) is 36.2 Å². The molecule has 1 saturated heterocycles. The number of ether oxygens (including phenoxy) is 2. The average Bonchev–Trinajstić information content (AvgIpc) is 3.28. The van der Waals surface area contributed by atoms with Crippen LogP contribution in [0.1, 0.15) is 19.3 Å². The van der Waals surface area contributed by atoms with Gasteiger partial charge in [-0.25, -0.2) is 12.8 Å². The lowest BCUT2D eigenvalue weighted by atomic mass is 10.0. The fraction of sp³-hybridized carbons (Fsp3) is 0.400. The molecule has 1 heterocycles. The lowest BCUT2D eigenvalue weighted by molar-refractivity contribution is 0.162. The Bertz CT molecular complexity index is 916. The van der Waals surface area contributed by atoms with Crippen LogP contribution in [-0.2, 0) is 10.0 Å². The van der Waals surface area contributed by atoms with E-state index in [-0.39, 0.29) is 29.5 Å². The topological polar surface area (TPSA) is 55.8 Å². The molecule has 2 aliphatic rings. The van der Waals surface area contributed by atoms with Crippen LogP contribution in [0.3, 0.4) is 0 Å². The number of hydrogen-bond donors (Lipinski definition) is 0. The molecule has 0 N–H and O–H groups in total. The summed E-state index contributed by atoms with van der Waals surface area (Å²) < 4.78 is 52.3. The van der Waals surface area contributed by atoms with E-state index >= 15 is 0 Å². The molecule has 4 rings (SSSR count). The van der Waals surface area contributed by atoms with Crippen molar-refractivity contribution in [3.8, 4) is 11.5 Å². The molecule has 0 unspecified atom stereocenters. The molecule has 0 spiro atoms. The minimum absolute atomic E-state index is 0.0102. The first-order valence-electron chi connectivity index (χ1n) is 9.05. The molecule has 2 aromatic rings. The molecule has 1 aliphatic carbocycles. The smallest absolute Gasteiger partial charge is 0.243 e. The van der Waals surface area contributed by atoms with E-state index in [2.05, 4.69) is 0 Å². The third kappa shape index (κ3) is 3.41. The second kappa shape index (κ2) is 7.13. The molecule has 0 amide bonds. The number of rotatable bonds is 6. The summed E-state index contributed by atoms with van der Waals surface area (Å²) in [4.78, 5) is 0.128. The van der Waals surface area contributed by atoms with E-state index in [1.165, 1.54) is 24.3 Å². The van der Waals surface area contributed by atoms with Gasteiger partial charge in [-0.05, 0) is 61.6 Å². The van der Waals surface area contributed by atoms with Gasteiger partial charge in [0, 0.05) is 12.1 Å². The molecule has 2 aromatic carbocycles. The monoisotopic (exact) mass is 391 g/mol. The molecule has 0 radical (unpaired) electrons. The van der Waals surface area contributed by atoms with Gasteiger partial charge >= 0.3 is 0 Å². The van der Waals surface area contributed by atoms with E-state index < -0.39 is 15.8 Å². The van der Waals surface area contributed by atoms with Crippen LogP contribution >= 0.6 is 0 Å². The highest BCUT2D eigenvalue weighted by atomic mass is 32.2. The average molecular weight is 391 g/mol. The first kappa shape index (κ1) is 18.3. The first-order chi connectivity index (χ1) is 13.0. The van der Waals surface area contributed by atoms with E-state index in [4.69, 9.17) is 9.47 Å². The number of hydrogen-bond acceptors (Lipinski definition) is 4. The Kier molecular flexibility index (Phi) is 4.82. The maximum absolute atomic E-state index is 13.2. The minimum Gasteiger partial charge on any atom is -0.497 e. The molecule has 5 nitrogen and oxygen atoms in total. The number of benzene rings is 2. The predicted molar refractivity (Wildman–Crippen MR) is 98.8 cm³/mol. The van der Waals surface area contributed by atoms with Crippen molar-refractivity contribution >= 4 is 10.0 Å². The van der Waals surface area contributed by atoms with Crippen LogP contribution in [0, 0.1) is 11.7 Å². The quantitative estimate of drug-likeness (QED) is 0.757. The Morgan fingerprint density at radius 1 is 1.11 bits per heavy atom. The normalized spacial score (nSPS) is 24.9. The maximum atomic E-state index is 13.2. The summed E-state index contributed by atoms with van der Waals surface area (Å²) in [7, 11) is -2.10. The lowest BCUT2D eigenvalue weighted by Gasteiger charge is -2.34. The summed E-state index contributed by atoms with van der Waals surface area (Å²) in [6, 6.07) is 12.1. The number of methoxy groups -OCH3 is 1. The molecule has 1 saturated carbocycles. The highest BCUT2D eigenvalue weighted by Crippen LogP contribution is 2.45. The van der Waals surface area contributed by atoms with Crippen LogP contribution in [0.2, 0.25) is 0 Å². The fourth-order valence-electron chi connectivity index (χ4n) is 4.24. The molecular formula is C20H22FNO4S. The lowest BCUT2D eigenvalue weighted by Crippen LogP contribution is -2.47. The van der Waals surface area contributed by atoms with E-state index in [0.717, 1.165) is 19.3 Å². The zero-order valence-corrected chi connectivity index (χ0v) is 15.9. The van der Waals surface area contributed by atoms with Gasteiger partial charge in [-0.15, -0.1) is 0 Å². The Hall–Kier alpha value is -2.12. The predicted octanol–water partition coefficient (Wildman–Crippen LogP) is 3.45. The third-order valence-electron chi connectivity index (χ3n) is 5.53. The molecular weight excluding hydrogens is 369 g/mol. The fourth-order valence-corrected chi connectivity index (χ4v) is 6.13. The largest absolute Gasteiger partial charge is 0.497 e.